The van der Waals surface area contributed by atoms with E-state index in [4.69, 9.17) is 4.74 Å². The van der Waals surface area contributed by atoms with Gasteiger partial charge in [0, 0.05) is 17.8 Å². The first-order valence-corrected chi connectivity index (χ1v) is 8.34. The number of ether oxygens (including phenoxy) is 1. The van der Waals surface area contributed by atoms with Crippen LogP contribution in [0.3, 0.4) is 0 Å². The molecule has 0 radical (unpaired) electrons. The summed E-state index contributed by atoms with van der Waals surface area (Å²) in [4.78, 5) is 34.6. The zero-order valence-electron chi connectivity index (χ0n) is 14.8. The number of para-hydroxylation sites is 1. The topological polar surface area (TPSA) is 84.5 Å². The van der Waals surface area contributed by atoms with Gasteiger partial charge in [0.05, 0.1) is 5.56 Å². The number of aldehydes is 1. The largest absolute Gasteiger partial charge is 0.483 e. The predicted molar refractivity (Wildman–Crippen MR) is 100 cm³/mol. The summed E-state index contributed by atoms with van der Waals surface area (Å²) in [5.74, 6) is 0.264. The van der Waals surface area contributed by atoms with Crippen LogP contribution in [0.5, 0.6) is 5.75 Å². The fraction of sp³-hybridized carbons (Fsp3) is 0.250. The molecule has 0 aliphatic heterocycles. The third-order valence-corrected chi connectivity index (χ3v) is 3.45. The molecule has 0 saturated heterocycles. The molecule has 6 nitrogen and oxygen atoms in total. The van der Waals surface area contributed by atoms with Crippen molar-refractivity contribution in [3.05, 3.63) is 54.1 Å². The third kappa shape index (κ3) is 6.05. The highest BCUT2D eigenvalue weighted by molar-refractivity contribution is 5.93. The van der Waals surface area contributed by atoms with Gasteiger partial charge in [-0.1, -0.05) is 26.0 Å². The van der Waals surface area contributed by atoms with Gasteiger partial charge in [0.25, 0.3) is 5.91 Å². The first kappa shape index (κ1) is 19.2. The van der Waals surface area contributed by atoms with Crippen LogP contribution in [0.2, 0.25) is 0 Å². The summed E-state index contributed by atoms with van der Waals surface area (Å²) in [5, 5.41) is 5.50. The van der Waals surface area contributed by atoms with Crippen molar-refractivity contribution in [3.63, 3.8) is 0 Å². The Morgan fingerprint density at radius 3 is 2.12 bits per heavy atom. The summed E-state index contributed by atoms with van der Waals surface area (Å²) >= 11 is 0. The zero-order valence-corrected chi connectivity index (χ0v) is 14.8. The molecular weight excluding hydrogens is 332 g/mol. The molecule has 136 valence electrons. The SMILES string of the molecule is CC(C)CC(=O)Nc1ccc(NC(=O)COc2ccccc2C=O)cc1. The number of amides is 2. The Bertz CT molecular complexity index is 770. The van der Waals surface area contributed by atoms with E-state index in [1.165, 1.54) is 0 Å². The lowest BCUT2D eigenvalue weighted by Crippen LogP contribution is -2.20. The molecule has 6 heteroatoms. The van der Waals surface area contributed by atoms with Crippen LogP contribution in [0, 0.1) is 5.92 Å². The predicted octanol–water partition coefficient (Wildman–Crippen LogP) is 3.50. The molecule has 0 saturated carbocycles. The number of nitrogens with one attached hydrogen (secondary N) is 2. The number of carbonyl (C=O) groups is 3. The molecule has 2 N–H and O–H groups in total. The van der Waals surface area contributed by atoms with Gasteiger partial charge in [-0.25, -0.2) is 0 Å². The number of anilines is 2. The van der Waals surface area contributed by atoms with Crippen LogP contribution in [0.1, 0.15) is 30.6 Å². The number of carbonyl (C=O) groups excluding carboxylic acids is 3. The van der Waals surface area contributed by atoms with Crippen LogP contribution in [-0.2, 0) is 9.59 Å². The minimum atomic E-state index is -0.345. The summed E-state index contributed by atoms with van der Waals surface area (Å²) in [6.45, 7) is 3.75. The molecule has 0 aliphatic carbocycles. The van der Waals surface area contributed by atoms with Gasteiger partial charge in [-0.2, -0.15) is 0 Å². The Labute approximate surface area is 152 Å². The van der Waals surface area contributed by atoms with Gasteiger partial charge in [-0.05, 0) is 42.3 Å². The van der Waals surface area contributed by atoms with E-state index in [2.05, 4.69) is 10.6 Å². The molecule has 26 heavy (non-hydrogen) atoms. The summed E-state index contributed by atoms with van der Waals surface area (Å²) in [7, 11) is 0. The van der Waals surface area contributed by atoms with Crippen molar-refractivity contribution in [2.45, 2.75) is 20.3 Å². The fourth-order valence-electron chi connectivity index (χ4n) is 2.27. The van der Waals surface area contributed by atoms with E-state index < -0.39 is 0 Å². The van der Waals surface area contributed by atoms with Gasteiger partial charge in [0.1, 0.15) is 5.75 Å². The first-order chi connectivity index (χ1) is 12.5. The number of hydrogen-bond donors (Lipinski definition) is 2. The number of benzene rings is 2. The summed E-state index contributed by atoms with van der Waals surface area (Å²) in [6, 6.07) is 13.5. The highest BCUT2D eigenvalue weighted by atomic mass is 16.5. The quantitative estimate of drug-likeness (QED) is 0.711. The smallest absolute Gasteiger partial charge is 0.262 e. The standard InChI is InChI=1S/C20H22N2O4/c1-14(2)11-19(24)21-16-7-9-17(10-8-16)22-20(25)13-26-18-6-4-3-5-15(18)12-23/h3-10,12,14H,11,13H2,1-2H3,(H,21,24)(H,22,25). The summed E-state index contributed by atoms with van der Waals surface area (Å²) in [6.07, 6.45) is 1.14. The molecule has 2 amide bonds. The Balaban J connectivity index is 1.85. The second kappa shape index (κ2) is 9.36. The zero-order chi connectivity index (χ0) is 18.9. The Morgan fingerprint density at radius 2 is 1.54 bits per heavy atom. The maximum atomic E-state index is 12.0. The lowest BCUT2D eigenvalue weighted by Gasteiger charge is -2.10. The van der Waals surface area contributed by atoms with Gasteiger partial charge in [0.2, 0.25) is 5.91 Å². The van der Waals surface area contributed by atoms with E-state index in [-0.39, 0.29) is 24.3 Å². The van der Waals surface area contributed by atoms with Gasteiger partial charge >= 0.3 is 0 Å². The van der Waals surface area contributed by atoms with Crippen LogP contribution in [-0.4, -0.2) is 24.7 Å². The van der Waals surface area contributed by atoms with Crippen molar-refractivity contribution in [1.82, 2.24) is 0 Å². The average molecular weight is 354 g/mol. The maximum absolute atomic E-state index is 12.0. The van der Waals surface area contributed by atoms with Gasteiger partial charge in [-0.3, -0.25) is 14.4 Å². The molecule has 0 bridgehead atoms. The molecule has 2 aromatic carbocycles. The van der Waals surface area contributed by atoms with Crippen LogP contribution in [0.4, 0.5) is 11.4 Å². The molecule has 0 atom stereocenters. The highest BCUT2D eigenvalue weighted by Crippen LogP contribution is 2.17. The summed E-state index contributed by atoms with van der Waals surface area (Å²) in [5.41, 5.74) is 1.65. The first-order valence-electron chi connectivity index (χ1n) is 8.34. The molecule has 0 aliphatic rings. The molecule has 0 aromatic heterocycles. The van der Waals surface area contributed by atoms with Crippen LogP contribution >= 0.6 is 0 Å². The van der Waals surface area contributed by atoms with Crippen molar-refractivity contribution in [2.24, 2.45) is 5.92 Å². The fourth-order valence-corrected chi connectivity index (χ4v) is 2.27. The molecule has 2 aromatic rings. The lowest BCUT2D eigenvalue weighted by atomic mass is 10.1. The van der Waals surface area contributed by atoms with E-state index in [9.17, 15) is 14.4 Å². The third-order valence-electron chi connectivity index (χ3n) is 3.45. The molecule has 0 unspecified atom stereocenters. The van der Waals surface area contributed by atoms with Crippen molar-refractivity contribution in [1.29, 1.82) is 0 Å². The number of hydrogen-bond acceptors (Lipinski definition) is 4. The van der Waals surface area contributed by atoms with Gasteiger partial charge < -0.3 is 15.4 Å². The number of rotatable bonds is 8. The van der Waals surface area contributed by atoms with E-state index in [0.717, 1.165) is 0 Å². The molecule has 0 heterocycles. The Morgan fingerprint density at radius 1 is 0.962 bits per heavy atom. The van der Waals surface area contributed by atoms with E-state index in [0.29, 0.717) is 35.4 Å². The lowest BCUT2D eigenvalue weighted by molar-refractivity contribution is -0.118. The van der Waals surface area contributed by atoms with Crippen LogP contribution < -0.4 is 15.4 Å². The minimum Gasteiger partial charge on any atom is -0.483 e. The van der Waals surface area contributed by atoms with Gasteiger partial charge in [0.15, 0.2) is 12.9 Å². The Hall–Kier alpha value is -3.15. The molecule has 0 spiro atoms. The van der Waals surface area contributed by atoms with E-state index in [1.54, 1.807) is 48.5 Å². The Kier molecular flexibility index (Phi) is 6.91. The van der Waals surface area contributed by atoms with Gasteiger partial charge in [-0.15, -0.1) is 0 Å². The van der Waals surface area contributed by atoms with Crippen molar-refractivity contribution < 1.29 is 19.1 Å². The highest BCUT2D eigenvalue weighted by Gasteiger charge is 2.08. The second-order valence-electron chi connectivity index (χ2n) is 6.22. The normalized spacial score (nSPS) is 10.3. The van der Waals surface area contributed by atoms with Crippen LogP contribution in [0.25, 0.3) is 0 Å². The van der Waals surface area contributed by atoms with Crippen molar-refractivity contribution in [2.75, 3.05) is 17.2 Å². The molecular formula is C20H22N2O4. The minimum absolute atomic E-state index is 0.0426. The summed E-state index contributed by atoms with van der Waals surface area (Å²) < 4.78 is 5.38. The van der Waals surface area contributed by atoms with Crippen molar-refractivity contribution in [3.8, 4) is 5.75 Å². The maximum Gasteiger partial charge on any atom is 0.262 e. The molecule has 2 rings (SSSR count). The molecule has 0 fully saturated rings. The second-order valence-corrected chi connectivity index (χ2v) is 6.22. The monoisotopic (exact) mass is 354 g/mol. The van der Waals surface area contributed by atoms with E-state index >= 15 is 0 Å². The van der Waals surface area contributed by atoms with Crippen LogP contribution in [0.15, 0.2) is 48.5 Å². The van der Waals surface area contributed by atoms with Crippen molar-refractivity contribution >= 4 is 29.5 Å². The average Bonchev–Trinajstić information content (AvgIpc) is 2.61. The van der Waals surface area contributed by atoms with E-state index in [1.807, 2.05) is 13.8 Å².